The number of para-hydroxylation sites is 1. The van der Waals surface area contributed by atoms with Gasteiger partial charge in [-0.1, -0.05) is 18.2 Å². The highest BCUT2D eigenvalue weighted by molar-refractivity contribution is 5.46. The molecule has 21 heavy (non-hydrogen) atoms. The summed E-state index contributed by atoms with van der Waals surface area (Å²) < 4.78 is 5.65. The molecule has 0 aliphatic rings. The quantitative estimate of drug-likeness (QED) is 0.863. The first kappa shape index (κ1) is 15.6. The van der Waals surface area contributed by atoms with Crippen molar-refractivity contribution < 1.29 is 4.42 Å². The lowest BCUT2D eigenvalue weighted by molar-refractivity contribution is 0.386. The molecule has 1 aromatic heterocycles. The van der Waals surface area contributed by atoms with Crippen molar-refractivity contribution in [3.63, 3.8) is 0 Å². The topological polar surface area (TPSA) is 28.4 Å². The summed E-state index contributed by atoms with van der Waals surface area (Å²) in [5.41, 5.74) is 2.59. The SMILES string of the molecule is CCN(Cc1ccoc1CNC(C)(C)C)c1ccccc1. The van der Waals surface area contributed by atoms with Crippen LogP contribution in [0.3, 0.4) is 0 Å². The summed E-state index contributed by atoms with van der Waals surface area (Å²) in [4.78, 5) is 2.35. The van der Waals surface area contributed by atoms with E-state index in [2.05, 4.69) is 68.2 Å². The highest BCUT2D eigenvalue weighted by Gasteiger charge is 2.14. The van der Waals surface area contributed by atoms with E-state index < -0.39 is 0 Å². The Hall–Kier alpha value is -1.74. The summed E-state index contributed by atoms with van der Waals surface area (Å²) in [5.74, 6) is 1.03. The van der Waals surface area contributed by atoms with Crippen molar-refractivity contribution in [1.82, 2.24) is 5.32 Å². The van der Waals surface area contributed by atoms with Gasteiger partial charge in [-0.05, 0) is 45.9 Å². The number of nitrogens with zero attached hydrogens (tertiary/aromatic N) is 1. The third kappa shape index (κ3) is 4.64. The minimum atomic E-state index is 0.0912. The summed E-state index contributed by atoms with van der Waals surface area (Å²) in [5, 5.41) is 3.48. The lowest BCUT2D eigenvalue weighted by Crippen LogP contribution is -2.35. The van der Waals surface area contributed by atoms with Gasteiger partial charge in [0.25, 0.3) is 0 Å². The molecule has 0 aliphatic carbocycles. The predicted octanol–water partition coefficient (Wildman–Crippen LogP) is 4.19. The van der Waals surface area contributed by atoms with Crippen LogP contribution in [0.1, 0.15) is 39.0 Å². The highest BCUT2D eigenvalue weighted by Crippen LogP contribution is 2.19. The molecule has 0 radical (unpaired) electrons. The number of furan rings is 1. The van der Waals surface area contributed by atoms with E-state index in [4.69, 9.17) is 4.42 Å². The maximum atomic E-state index is 5.65. The average molecular weight is 286 g/mol. The van der Waals surface area contributed by atoms with Crippen LogP contribution >= 0.6 is 0 Å². The Bertz CT molecular complexity index is 540. The number of anilines is 1. The van der Waals surface area contributed by atoms with E-state index in [0.717, 1.165) is 25.4 Å². The molecule has 0 bridgehead atoms. The number of benzene rings is 1. The third-order valence-electron chi connectivity index (χ3n) is 3.48. The Labute approximate surface area is 128 Å². The Kier molecular flexibility index (Phi) is 5.07. The van der Waals surface area contributed by atoms with Crippen LogP contribution in [-0.4, -0.2) is 12.1 Å². The number of hydrogen-bond acceptors (Lipinski definition) is 3. The van der Waals surface area contributed by atoms with Gasteiger partial charge in [-0.2, -0.15) is 0 Å². The van der Waals surface area contributed by atoms with E-state index in [1.807, 2.05) is 6.07 Å². The number of hydrogen-bond donors (Lipinski definition) is 1. The maximum Gasteiger partial charge on any atom is 0.122 e. The van der Waals surface area contributed by atoms with Crippen LogP contribution in [0.25, 0.3) is 0 Å². The van der Waals surface area contributed by atoms with Crippen molar-refractivity contribution in [3.05, 3.63) is 54.0 Å². The molecule has 0 saturated carbocycles. The van der Waals surface area contributed by atoms with E-state index in [9.17, 15) is 0 Å². The zero-order valence-electron chi connectivity index (χ0n) is 13.5. The number of rotatable bonds is 6. The molecule has 0 fully saturated rings. The zero-order chi connectivity index (χ0) is 15.3. The van der Waals surface area contributed by atoms with E-state index in [1.165, 1.54) is 11.3 Å². The second-order valence-corrected chi connectivity index (χ2v) is 6.32. The highest BCUT2D eigenvalue weighted by atomic mass is 16.3. The van der Waals surface area contributed by atoms with Gasteiger partial charge < -0.3 is 14.6 Å². The predicted molar refractivity (Wildman–Crippen MR) is 88.5 cm³/mol. The lowest BCUT2D eigenvalue weighted by Gasteiger charge is -2.24. The van der Waals surface area contributed by atoms with Crippen molar-refractivity contribution in [2.75, 3.05) is 11.4 Å². The molecule has 2 aromatic rings. The van der Waals surface area contributed by atoms with Gasteiger partial charge in [0.05, 0.1) is 12.8 Å². The van der Waals surface area contributed by atoms with E-state index in [1.54, 1.807) is 6.26 Å². The van der Waals surface area contributed by atoms with Crippen LogP contribution < -0.4 is 10.2 Å². The smallest absolute Gasteiger partial charge is 0.122 e. The van der Waals surface area contributed by atoms with Crippen molar-refractivity contribution >= 4 is 5.69 Å². The van der Waals surface area contributed by atoms with Crippen LogP contribution in [-0.2, 0) is 13.1 Å². The lowest BCUT2D eigenvalue weighted by atomic mass is 10.1. The molecule has 1 N–H and O–H groups in total. The summed E-state index contributed by atoms with van der Waals surface area (Å²) >= 11 is 0. The average Bonchev–Trinajstić information content (AvgIpc) is 2.90. The molecule has 0 spiro atoms. The van der Waals surface area contributed by atoms with E-state index in [-0.39, 0.29) is 5.54 Å². The minimum absolute atomic E-state index is 0.0912. The fraction of sp³-hybridized carbons (Fsp3) is 0.444. The van der Waals surface area contributed by atoms with Crippen LogP contribution in [0.15, 0.2) is 47.1 Å². The Morgan fingerprint density at radius 2 is 1.81 bits per heavy atom. The Morgan fingerprint density at radius 3 is 2.43 bits per heavy atom. The summed E-state index contributed by atoms with van der Waals surface area (Å²) in [6.07, 6.45) is 1.79. The van der Waals surface area contributed by atoms with Gasteiger partial charge in [-0.3, -0.25) is 0 Å². The molecule has 0 atom stereocenters. The van der Waals surface area contributed by atoms with Gasteiger partial charge >= 0.3 is 0 Å². The van der Waals surface area contributed by atoms with E-state index >= 15 is 0 Å². The van der Waals surface area contributed by atoms with E-state index in [0.29, 0.717) is 0 Å². The van der Waals surface area contributed by atoms with Gasteiger partial charge in [0.2, 0.25) is 0 Å². The van der Waals surface area contributed by atoms with Crippen LogP contribution in [0.4, 0.5) is 5.69 Å². The molecular weight excluding hydrogens is 260 g/mol. The van der Waals surface area contributed by atoms with Gasteiger partial charge in [0.15, 0.2) is 0 Å². The molecule has 0 aliphatic heterocycles. The second-order valence-electron chi connectivity index (χ2n) is 6.32. The molecular formula is C18H26N2O. The molecule has 114 valence electrons. The normalized spacial score (nSPS) is 11.6. The summed E-state index contributed by atoms with van der Waals surface area (Å²) in [6, 6.07) is 12.6. The molecule has 3 nitrogen and oxygen atoms in total. The molecule has 0 amide bonds. The van der Waals surface area contributed by atoms with Crippen molar-refractivity contribution in [3.8, 4) is 0 Å². The second kappa shape index (κ2) is 6.81. The first-order valence-electron chi connectivity index (χ1n) is 7.60. The van der Waals surface area contributed by atoms with Crippen LogP contribution in [0.5, 0.6) is 0 Å². The van der Waals surface area contributed by atoms with Gasteiger partial charge in [-0.25, -0.2) is 0 Å². The van der Waals surface area contributed by atoms with Gasteiger partial charge in [0, 0.05) is 29.9 Å². The summed E-state index contributed by atoms with van der Waals surface area (Å²) in [7, 11) is 0. The standard InChI is InChI=1S/C18H26N2O/c1-5-20(16-9-7-6-8-10-16)14-15-11-12-21-17(15)13-19-18(2,3)4/h6-12,19H,5,13-14H2,1-4H3. The largest absolute Gasteiger partial charge is 0.468 e. The fourth-order valence-corrected chi connectivity index (χ4v) is 2.24. The van der Waals surface area contributed by atoms with Gasteiger partial charge in [0.1, 0.15) is 5.76 Å². The molecule has 0 saturated heterocycles. The fourth-order valence-electron chi connectivity index (χ4n) is 2.24. The first-order chi connectivity index (χ1) is 9.99. The first-order valence-corrected chi connectivity index (χ1v) is 7.60. The Morgan fingerprint density at radius 1 is 1.10 bits per heavy atom. The van der Waals surface area contributed by atoms with Crippen molar-refractivity contribution in [1.29, 1.82) is 0 Å². The molecule has 2 rings (SSSR count). The van der Waals surface area contributed by atoms with Crippen molar-refractivity contribution in [2.24, 2.45) is 0 Å². The third-order valence-corrected chi connectivity index (χ3v) is 3.48. The van der Waals surface area contributed by atoms with Crippen molar-refractivity contribution in [2.45, 2.75) is 46.3 Å². The number of nitrogens with one attached hydrogen (secondary N) is 1. The minimum Gasteiger partial charge on any atom is -0.468 e. The zero-order valence-corrected chi connectivity index (χ0v) is 13.5. The maximum absolute atomic E-state index is 5.65. The molecule has 3 heteroatoms. The molecule has 0 unspecified atom stereocenters. The Balaban J connectivity index is 2.07. The van der Waals surface area contributed by atoms with Gasteiger partial charge in [-0.15, -0.1) is 0 Å². The molecule has 1 aromatic carbocycles. The summed E-state index contributed by atoms with van der Waals surface area (Å²) in [6.45, 7) is 11.3. The van der Waals surface area contributed by atoms with Crippen LogP contribution in [0.2, 0.25) is 0 Å². The van der Waals surface area contributed by atoms with Crippen LogP contribution in [0, 0.1) is 0 Å². The molecule has 1 heterocycles. The monoisotopic (exact) mass is 286 g/mol.